The van der Waals surface area contributed by atoms with Crippen LogP contribution in [0.1, 0.15) is 16.7 Å². The standard InChI is InChI=1S/C17H21N.ClH/c1-18(2)14-17-11-7-6-10-16(17)13-12-15-8-4-3-5-9-15;/h3-11H,12-14H2,1-2H3;1H/p-1. The summed E-state index contributed by atoms with van der Waals surface area (Å²) >= 11 is 0. The quantitative estimate of drug-likeness (QED) is 0.769. The maximum atomic E-state index is 2.25. The number of nitrogens with zero attached hydrogens (tertiary/aromatic N) is 1. The lowest BCUT2D eigenvalue weighted by molar-refractivity contribution is -0.00000382. The maximum absolute atomic E-state index is 2.25. The molecule has 0 atom stereocenters. The summed E-state index contributed by atoms with van der Waals surface area (Å²) in [5.41, 5.74) is 4.32. The van der Waals surface area contributed by atoms with E-state index in [2.05, 4.69) is 73.6 Å². The Bertz CT molecular complexity index is 480. The van der Waals surface area contributed by atoms with Crippen molar-refractivity contribution >= 4 is 0 Å². The number of hydrogen-bond acceptors (Lipinski definition) is 1. The lowest BCUT2D eigenvalue weighted by Gasteiger charge is -2.14. The molecule has 0 radical (unpaired) electrons. The monoisotopic (exact) mass is 274 g/mol. The van der Waals surface area contributed by atoms with E-state index in [0.29, 0.717) is 0 Å². The molecule has 102 valence electrons. The van der Waals surface area contributed by atoms with Gasteiger partial charge < -0.3 is 17.3 Å². The van der Waals surface area contributed by atoms with Crippen LogP contribution in [0.25, 0.3) is 0 Å². The Morgan fingerprint density at radius 1 is 0.737 bits per heavy atom. The zero-order chi connectivity index (χ0) is 12.8. The van der Waals surface area contributed by atoms with Crippen molar-refractivity contribution < 1.29 is 12.4 Å². The van der Waals surface area contributed by atoms with Gasteiger partial charge in [-0.15, -0.1) is 0 Å². The molecule has 0 heterocycles. The van der Waals surface area contributed by atoms with E-state index in [0.717, 1.165) is 19.4 Å². The minimum Gasteiger partial charge on any atom is -1.00 e. The van der Waals surface area contributed by atoms with E-state index in [9.17, 15) is 0 Å². The number of aryl methyl sites for hydroxylation is 2. The van der Waals surface area contributed by atoms with E-state index in [1.165, 1.54) is 16.7 Å². The van der Waals surface area contributed by atoms with Crippen LogP contribution >= 0.6 is 0 Å². The Labute approximate surface area is 122 Å². The van der Waals surface area contributed by atoms with Gasteiger partial charge >= 0.3 is 0 Å². The lowest BCUT2D eigenvalue weighted by Crippen LogP contribution is -3.00. The van der Waals surface area contributed by atoms with Gasteiger partial charge in [0.2, 0.25) is 0 Å². The molecule has 2 heteroatoms. The molecule has 0 aliphatic rings. The van der Waals surface area contributed by atoms with Crippen molar-refractivity contribution in [3.05, 3.63) is 71.3 Å². The highest BCUT2D eigenvalue weighted by molar-refractivity contribution is 5.28. The molecule has 0 bridgehead atoms. The summed E-state index contributed by atoms with van der Waals surface area (Å²) in [5.74, 6) is 0. The first kappa shape index (κ1) is 15.7. The van der Waals surface area contributed by atoms with Gasteiger partial charge in [-0.25, -0.2) is 0 Å². The molecule has 2 aromatic rings. The van der Waals surface area contributed by atoms with Gasteiger partial charge in [0.15, 0.2) is 0 Å². The second kappa shape index (κ2) is 7.98. The second-order valence-electron chi connectivity index (χ2n) is 4.99. The van der Waals surface area contributed by atoms with Crippen LogP contribution in [0.2, 0.25) is 0 Å². The number of halogens is 1. The molecule has 0 N–H and O–H groups in total. The average molecular weight is 275 g/mol. The fourth-order valence-electron chi connectivity index (χ4n) is 2.22. The second-order valence-corrected chi connectivity index (χ2v) is 4.99. The third-order valence-electron chi connectivity index (χ3n) is 3.13. The van der Waals surface area contributed by atoms with Gasteiger partial charge in [0.1, 0.15) is 0 Å². The number of rotatable bonds is 5. The summed E-state index contributed by atoms with van der Waals surface area (Å²) in [6, 6.07) is 19.5. The van der Waals surface area contributed by atoms with Crippen molar-refractivity contribution in [2.24, 2.45) is 0 Å². The fraction of sp³-hybridized carbons (Fsp3) is 0.294. The van der Waals surface area contributed by atoms with Crippen LogP contribution < -0.4 is 12.4 Å². The normalized spacial score (nSPS) is 10.3. The zero-order valence-electron chi connectivity index (χ0n) is 11.6. The molecule has 0 spiro atoms. The van der Waals surface area contributed by atoms with Crippen LogP contribution in [0.15, 0.2) is 54.6 Å². The van der Waals surface area contributed by atoms with Crippen LogP contribution in [0.5, 0.6) is 0 Å². The summed E-state index contributed by atoms with van der Waals surface area (Å²) in [6.07, 6.45) is 2.24. The maximum Gasteiger partial charge on any atom is 0.0230 e. The van der Waals surface area contributed by atoms with Crippen molar-refractivity contribution in [2.45, 2.75) is 19.4 Å². The molecule has 0 saturated carbocycles. The topological polar surface area (TPSA) is 3.24 Å². The van der Waals surface area contributed by atoms with E-state index in [-0.39, 0.29) is 12.4 Å². The van der Waals surface area contributed by atoms with Gasteiger partial charge in [-0.2, -0.15) is 0 Å². The molecule has 0 aliphatic heterocycles. The lowest BCUT2D eigenvalue weighted by atomic mass is 9.99. The molecule has 0 amide bonds. The van der Waals surface area contributed by atoms with E-state index >= 15 is 0 Å². The molecule has 2 aromatic carbocycles. The van der Waals surface area contributed by atoms with E-state index in [1.54, 1.807) is 0 Å². The summed E-state index contributed by atoms with van der Waals surface area (Å²) in [6.45, 7) is 1.02. The van der Waals surface area contributed by atoms with Gasteiger partial charge in [-0.05, 0) is 43.6 Å². The van der Waals surface area contributed by atoms with Crippen LogP contribution in [0.3, 0.4) is 0 Å². The van der Waals surface area contributed by atoms with Gasteiger partial charge in [0, 0.05) is 6.54 Å². The summed E-state index contributed by atoms with van der Waals surface area (Å²) in [7, 11) is 4.24. The first-order valence-corrected chi connectivity index (χ1v) is 6.51. The highest BCUT2D eigenvalue weighted by Gasteiger charge is 2.03. The van der Waals surface area contributed by atoms with E-state index < -0.39 is 0 Å². The Hall–Kier alpha value is -1.31. The molecule has 0 unspecified atom stereocenters. The van der Waals surface area contributed by atoms with E-state index in [4.69, 9.17) is 0 Å². The van der Waals surface area contributed by atoms with Crippen molar-refractivity contribution in [1.82, 2.24) is 4.90 Å². The SMILES string of the molecule is CN(C)Cc1ccccc1CCc1ccccc1.[Cl-]. The van der Waals surface area contributed by atoms with Crippen molar-refractivity contribution in [3.63, 3.8) is 0 Å². The fourth-order valence-corrected chi connectivity index (χ4v) is 2.22. The van der Waals surface area contributed by atoms with Crippen LogP contribution in [0.4, 0.5) is 0 Å². The van der Waals surface area contributed by atoms with E-state index in [1.807, 2.05) is 0 Å². The van der Waals surface area contributed by atoms with Crippen molar-refractivity contribution in [2.75, 3.05) is 14.1 Å². The van der Waals surface area contributed by atoms with Crippen LogP contribution in [-0.4, -0.2) is 19.0 Å². The molecule has 1 nitrogen and oxygen atoms in total. The smallest absolute Gasteiger partial charge is 0.0230 e. The molecular formula is C17H21ClN-. The minimum atomic E-state index is 0. The Morgan fingerprint density at radius 2 is 1.32 bits per heavy atom. The highest BCUT2D eigenvalue weighted by atomic mass is 35.5. The Kier molecular flexibility index (Phi) is 6.61. The van der Waals surface area contributed by atoms with Crippen LogP contribution in [0, 0.1) is 0 Å². The first-order chi connectivity index (χ1) is 8.75. The Balaban J connectivity index is 0.00000180. The third kappa shape index (κ3) is 5.06. The highest BCUT2D eigenvalue weighted by Crippen LogP contribution is 2.13. The third-order valence-corrected chi connectivity index (χ3v) is 3.13. The number of hydrogen-bond donors (Lipinski definition) is 0. The van der Waals surface area contributed by atoms with Gasteiger partial charge in [-0.3, -0.25) is 0 Å². The van der Waals surface area contributed by atoms with Crippen molar-refractivity contribution in [1.29, 1.82) is 0 Å². The van der Waals surface area contributed by atoms with Gasteiger partial charge in [-0.1, -0.05) is 54.6 Å². The first-order valence-electron chi connectivity index (χ1n) is 6.51. The minimum absolute atomic E-state index is 0. The molecule has 0 saturated heterocycles. The molecule has 2 rings (SSSR count). The molecular weight excluding hydrogens is 254 g/mol. The largest absolute Gasteiger partial charge is 1.00 e. The average Bonchev–Trinajstić information content (AvgIpc) is 2.38. The summed E-state index contributed by atoms with van der Waals surface area (Å²) in [4.78, 5) is 2.22. The summed E-state index contributed by atoms with van der Waals surface area (Å²) < 4.78 is 0. The molecule has 0 aliphatic carbocycles. The predicted octanol–water partition coefficient (Wildman–Crippen LogP) is 0.537. The van der Waals surface area contributed by atoms with Gasteiger partial charge in [0.05, 0.1) is 0 Å². The van der Waals surface area contributed by atoms with Crippen molar-refractivity contribution in [3.8, 4) is 0 Å². The summed E-state index contributed by atoms with van der Waals surface area (Å²) in [5, 5.41) is 0. The molecule has 0 fully saturated rings. The zero-order valence-corrected chi connectivity index (χ0v) is 12.4. The number of benzene rings is 2. The molecule has 19 heavy (non-hydrogen) atoms. The van der Waals surface area contributed by atoms with Gasteiger partial charge in [0.25, 0.3) is 0 Å². The Morgan fingerprint density at radius 3 is 1.95 bits per heavy atom. The van der Waals surface area contributed by atoms with Crippen LogP contribution in [-0.2, 0) is 19.4 Å². The molecule has 0 aromatic heterocycles. The predicted molar refractivity (Wildman–Crippen MR) is 77.7 cm³/mol.